The second kappa shape index (κ2) is 57.2. The number of carbonyl (C=O) groups excluding carboxylic acids is 3. The summed E-state index contributed by atoms with van der Waals surface area (Å²) in [6.45, 7) is 6.64. The van der Waals surface area contributed by atoms with E-state index >= 15 is 0 Å². The Morgan fingerprint density at radius 3 is 0.868 bits per heavy atom. The van der Waals surface area contributed by atoms with Crippen LogP contribution in [0.2, 0.25) is 0 Å². The van der Waals surface area contributed by atoms with Crippen LogP contribution < -0.4 is 0 Å². The van der Waals surface area contributed by atoms with Crippen LogP contribution in [0.4, 0.5) is 0 Å². The van der Waals surface area contributed by atoms with E-state index in [9.17, 15) is 14.4 Å². The number of hydrogen-bond donors (Lipinski definition) is 0. The average Bonchev–Trinajstić information content (AvgIpc) is 3.34. The van der Waals surface area contributed by atoms with Crippen LogP contribution in [0.25, 0.3) is 0 Å². The van der Waals surface area contributed by atoms with Gasteiger partial charge in [-0.3, -0.25) is 14.4 Å². The fourth-order valence-corrected chi connectivity index (χ4v) is 8.82. The Morgan fingerprint density at radius 1 is 0.294 bits per heavy atom. The van der Waals surface area contributed by atoms with Crippen molar-refractivity contribution in [2.75, 3.05) is 13.2 Å². The van der Waals surface area contributed by atoms with Gasteiger partial charge >= 0.3 is 17.9 Å². The molecule has 1 unspecified atom stereocenters. The van der Waals surface area contributed by atoms with E-state index < -0.39 is 6.10 Å². The van der Waals surface area contributed by atoms with Crippen molar-refractivity contribution in [1.29, 1.82) is 0 Å². The van der Waals surface area contributed by atoms with Gasteiger partial charge in [-0.15, -0.1) is 0 Å². The van der Waals surface area contributed by atoms with Crippen molar-refractivity contribution in [3.8, 4) is 0 Å². The van der Waals surface area contributed by atoms with E-state index in [2.05, 4.69) is 57.2 Å². The van der Waals surface area contributed by atoms with E-state index in [0.717, 1.165) is 70.6 Å². The van der Waals surface area contributed by atoms with E-state index in [1.807, 2.05) is 0 Å². The summed E-state index contributed by atoms with van der Waals surface area (Å²) in [5.74, 6) is -0.866. The summed E-state index contributed by atoms with van der Waals surface area (Å²) in [5.41, 5.74) is 0. The van der Waals surface area contributed by atoms with Crippen LogP contribution in [-0.4, -0.2) is 37.2 Å². The van der Waals surface area contributed by atoms with E-state index in [4.69, 9.17) is 14.2 Å². The third kappa shape index (κ3) is 54.6. The highest BCUT2D eigenvalue weighted by Gasteiger charge is 2.19. The Balaban J connectivity index is 4.32. The third-order valence-corrected chi connectivity index (χ3v) is 13.4. The molecule has 0 aromatic rings. The number of rotatable bonds is 55. The molecule has 0 aliphatic carbocycles. The zero-order valence-corrected chi connectivity index (χ0v) is 45.6. The summed E-state index contributed by atoms with van der Waals surface area (Å²) < 4.78 is 16.9. The van der Waals surface area contributed by atoms with Gasteiger partial charge < -0.3 is 14.2 Å². The maximum Gasteiger partial charge on any atom is 0.306 e. The molecule has 0 fully saturated rings. The topological polar surface area (TPSA) is 78.9 Å². The first kappa shape index (κ1) is 65.6. The molecular formula is C62H114O6. The lowest BCUT2D eigenvalue weighted by Gasteiger charge is -2.18. The van der Waals surface area contributed by atoms with Gasteiger partial charge in [-0.25, -0.2) is 0 Å². The monoisotopic (exact) mass is 955 g/mol. The SMILES string of the molecule is CCCCC/C=C\C/C=C\CCCCCCCCCCCC(=O)OCC(COC(=O)CCCCCCC/C=C\CCCCCC)OC(=O)CCCCCCCCCCCCCCCCCCCC. The standard InChI is InChI=1S/C62H114O6/c1-4-7-10-13-16-19-22-25-27-29-31-33-34-37-40-43-46-49-52-55-61(64)67-58-59(57-66-60(63)54-51-48-45-42-39-36-24-21-18-15-12-9-6-3)68-62(65)56-53-50-47-44-41-38-35-32-30-28-26-23-20-17-14-11-8-5-2/h16,19,21,24-25,27,59H,4-15,17-18,20,22-23,26,28-58H2,1-3H3/b19-16-,24-21-,27-25-. The summed E-state index contributed by atoms with van der Waals surface area (Å²) in [7, 11) is 0. The van der Waals surface area contributed by atoms with Crippen LogP contribution >= 0.6 is 0 Å². The Kier molecular flexibility index (Phi) is 55.2. The lowest BCUT2D eigenvalue weighted by Crippen LogP contribution is -2.30. The number of carbonyl (C=O) groups is 3. The number of esters is 3. The lowest BCUT2D eigenvalue weighted by molar-refractivity contribution is -0.167. The number of hydrogen-bond acceptors (Lipinski definition) is 6. The molecule has 0 bridgehead atoms. The van der Waals surface area contributed by atoms with Crippen molar-refractivity contribution in [3.05, 3.63) is 36.5 Å². The van der Waals surface area contributed by atoms with Crippen molar-refractivity contribution >= 4 is 17.9 Å². The highest BCUT2D eigenvalue weighted by atomic mass is 16.6. The molecule has 6 heteroatoms. The van der Waals surface area contributed by atoms with Crippen molar-refractivity contribution < 1.29 is 28.6 Å². The second-order valence-corrected chi connectivity index (χ2v) is 20.3. The normalized spacial score (nSPS) is 12.2. The van der Waals surface area contributed by atoms with Crippen molar-refractivity contribution in [3.63, 3.8) is 0 Å². The van der Waals surface area contributed by atoms with Crippen LogP contribution in [0.1, 0.15) is 323 Å². The number of unbranched alkanes of at least 4 members (excludes halogenated alkanes) is 38. The molecule has 0 radical (unpaired) electrons. The van der Waals surface area contributed by atoms with Gasteiger partial charge in [-0.05, 0) is 77.0 Å². The van der Waals surface area contributed by atoms with Gasteiger partial charge in [0.05, 0.1) is 0 Å². The first-order valence-electron chi connectivity index (χ1n) is 30.0. The minimum atomic E-state index is -0.774. The van der Waals surface area contributed by atoms with Crippen LogP contribution in [0.15, 0.2) is 36.5 Å². The largest absolute Gasteiger partial charge is 0.462 e. The Morgan fingerprint density at radius 2 is 0.529 bits per heavy atom. The second-order valence-electron chi connectivity index (χ2n) is 20.3. The molecule has 0 heterocycles. The third-order valence-electron chi connectivity index (χ3n) is 13.4. The molecule has 0 aromatic carbocycles. The van der Waals surface area contributed by atoms with Gasteiger partial charge in [0, 0.05) is 19.3 Å². The van der Waals surface area contributed by atoms with Gasteiger partial charge in [0.1, 0.15) is 13.2 Å². The van der Waals surface area contributed by atoms with Crippen LogP contribution in [0, 0.1) is 0 Å². The minimum Gasteiger partial charge on any atom is -0.462 e. The molecule has 0 spiro atoms. The van der Waals surface area contributed by atoms with Gasteiger partial charge in [0.15, 0.2) is 6.10 Å². The first-order valence-corrected chi connectivity index (χ1v) is 30.0. The van der Waals surface area contributed by atoms with E-state index in [1.54, 1.807) is 0 Å². The molecule has 0 aliphatic heterocycles. The fraction of sp³-hybridized carbons (Fsp3) is 0.855. The highest BCUT2D eigenvalue weighted by Crippen LogP contribution is 2.17. The highest BCUT2D eigenvalue weighted by molar-refractivity contribution is 5.71. The summed E-state index contributed by atoms with van der Waals surface area (Å²) in [6.07, 6.45) is 68.5. The number of ether oxygens (including phenoxy) is 3. The smallest absolute Gasteiger partial charge is 0.306 e. The number of allylic oxidation sites excluding steroid dienone is 6. The van der Waals surface area contributed by atoms with Crippen LogP contribution in [0.3, 0.4) is 0 Å². The first-order chi connectivity index (χ1) is 33.5. The van der Waals surface area contributed by atoms with Gasteiger partial charge in [0.25, 0.3) is 0 Å². The molecule has 0 saturated carbocycles. The Bertz CT molecular complexity index is 1140. The maximum atomic E-state index is 12.9. The molecule has 0 aliphatic rings. The summed E-state index contributed by atoms with van der Waals surface area (Å²) in [4.78, 5) is 38.2. The summed E-state index contributed by atoms with van der Waals surface area (Å²) in [5, 5.41) is 0. The summed E-state index contributed by atoms with van der Waals surface area (Å²) in [6, 6.07) is 0. The molecular weight excluding hydrogens is 841 g/mol. The molecule has 0 amide bonds. The fourth-order valence-electron chi connectivity index (χ4n) is 8.82. The quantitative estimate of drug-likeness (QED) is 0.0262. The zero-order chi connectivity index (χ0) is 49.3. The van der Waals surface area contributed by atoms with E-state index in [-0.39, 0.29) is 31.1 Å². The maximum absolute atomic E-state index is 12.9. The van der Waals surface area contributed by atoms with Gasteiger partial charge in [-0.2, -0.15) is 0 Å². The molecule has 0 saturated heterocycles. The van der Waals surface area contributed by atoms with Crippen molar-refractivity contribution in [1.82, 2.24) is 0 Å². The molecule has 6 nitrogen and oxygen atoms in total. The minimum absolute atomic E-state index is 0.0733. The van der Waals surface area contributed by atoms with E-state index in [1.165, 1.54) is 212 Å². The van der Waals surface area contributed by atoms with E-state index in [0.29, 0.717) is 19.3 Å². The molecule has 398 valence electrons. The van der Waals surface area contributed by atoms with Crippen molar-refractivity contribution in [2.24, 2.45) is 0 Å². The average molecular weight is 956 g/mol. The molecule has 0 rings (SSSR count). The molecule has 0 N–H and O–H groups in total. The van der Waals surface area contributed by atoms with Gasteiger partial charge in [-0.1, -0.05) is 263 Å². The lowest BCUT2D eigenvalue weighted by atomic mass is 10.0. The molecule has 1 atom stereocenters. The molecule has 68 heavy (non-hydrogen) atoms. The van der Waals surface area contributed by atoms with Crippen LogP contribution in [-0.2, 0) is 28.6 Å². The van der Waals surface area contributed by atoms with Crippen LogP contribution in [0.5, 0.6) is 0 Å². The predicted molar refractivity (Wildman–Crippen MR) is 293 cm³/mol. The Labute approximate surface area is 423 Å². The van der Waals surface area contributed by atoms with Gasteiger partial charge in [0.2, 0.25) is 0 Å². The Hall–Kier alpha value is -2.37. The zero-order valence-electron chi connectivity index (χ0n) is 45.6. The summed E-state index contributed by atoms with van der Waals surface area (Å²) >= 11 is 0. The predicted octanol–water partition coefficient (Wildman–Crippen LogP) is 20.0. The molecule has 0 aromatic heterocycles. The van der Waals surface area contributed by atoms with Crippen molar-refractivity contribution in [2.45, 2.75) is 329 Å².